The fourth-order valence-corrected chi connectivity index (χ4v) is 2.04. The van der Waals surface area contributed by atoms with Crippen LogP contribution in [-0.4, -0.2) is 14.6 Å². The molecule has 0 saturated heterocycles. The topological polar surface area (TPSA) is 30.2 Å². The van der Waals surface area contributed by atoms with Crippen molar-refractivity contribution < 1.29 is 13.2 Å². The van der Waals surface area contributed by atoms with Gasteiger partial charge in [-0.25, -0.2) is 9.50 Å². The fourth-order valence-electron chi connectivity index (χ4n) is 1.40. The van der Waals surface area contributed by atoms with E-state index in [0.717, 1.165) is 9.13 Å². The van der Waals surface area contributed by atoms with Gasteiger partial charge in [0.25, 0.3) is 5.82 Å². The van der Waals surface area contributed by atoms with Crippen molar-refractivity contribution in [3.05, 3.63) is 27.2 Å². The first-order valence-electron chi connectivity index (χ1n) is 4.54. The van der Waals surface area contributed by atoms with Gasteiger partial charge in [-0.3, -0.25) is 0 Å². The third-order valence-electron chi connectivity index (χ3n) is 2.11. The van der Waals surface area contributed by atoms with Crippen molar-refractivity contribution in [3.63, 3.8) is 0 Å². The summed E-state index contributed by atoms with van der Waals surface area (Å²) in [6.07, 6.45) is -2.35. The zero-order chi connectivity index (χ0) is 11.9. The molecule has 0 aliphatic carbocycles. The Balaban J connectivity index is 2.70. The first kappa shape index (κ1) is 11.6. The number of hydrogen-bond donors (Lipinski definition) is 0. The number of aryl methyl sites for hydroxylation is 1. The van der Waals surface area contributed by atoms with Crippen molar-refractivity contribution in [2.24, 2.45) is 0 Å². The van der Waals surface area contributed by atoms with E-state index >= 15 is 0 Å². The van der Waals surface area contributed by atoms with E-state index in [1.807, 2.05) is 35.6 Å². The lowest BCUT2D eigenvalue weighted by Gasteiger charge is -1.99. The van der Waals surface area contributed by atoms with Gasteiger partial charge < -0.3 is 0 Å². The van der Waals surface area contributed by atoms with E-state index in [2.05, 4.69) is 10.1 Å². The van der Waals surface area contributed by atoms with Crippen LogP contribution in [0.15, 0.2) is 12.3 Å². The summed E-state index contributed by atoms with van der Waals surface area (Å²) in [5, 5.41) is 3.43. The van der Waals surface area contributed by atoms with Crippen LogP contribution >= 0.6 is 22.6 Å². The highest BCUT2D eigenvalue weighted by Gasteiger charge is 2.36. The normalized spacial score (nSPS) is 12.3. The number of aromatic nitrogens is 3. The minimum absolute atomic E-state index is 0.273. The molecule has 0 N–H and O–H groups in total. The number of pyridine rings is 1. The van der Waals surface area contributed by atoms with Gasteiger partial charge in [0.05, 0.1) is 0 Å². The molecular formula is C9H7F3IN3. The highest BCUT2D eigenvalue weighted by Crippen LogP contribution is 2.27. The summed E-state index contributed by atoms with van der Waals surface area (Å²) in [6, 6.07) is 1.81. The number of nitrogens with zero attached hydrogens (tertiary/aromatic N) is 3. The van der Waals surface area contributed by atoms with E-state index in [1.165, 1.54) is 10.7 Å². The van der Waals surface area contributed by atoms with Crippen molar-refractivity contribution in [1.82, 2.24) is 14.6 Å². The number of halogens is 4. The lowest BCUT2D eigenvalue weighted by atomic mass is 10.2. The quantitative estimate of drug-likeness (QED) is 0.747. The maximum absolute atomic E-state index is 12.4. The van der Waals surface area contributed by atoms with Crippen molar-refractivity contribution in [2.75, 3.05) is 0 Å². The molecule has 2 aromatic rings. The molecule has 0 amide bonds. The Bertz CT molecular complexity index is 533. The van der Waals surface area contributed by atoms with Gasteiger partial charge in [0.2, 0.25) is 0 Å². The number of alkyl halides is 3. The molecule has 3 nitrogen and oxygen atoms in total. The number of hydrogen-bond acceptors (Lipinski definition) is 2. The minimum Gasteiger partial charge on any atom is -0.219 e. The predicted octanol–water partition coefficient (Wildman–Crippen LogP) is 2.92. The maximum Gasteiger partial charge on any atom is 0.453 e. The summed E-state index contributed by atoms with van der Waals surface area (Å²) in [7, 11) is 0. The average molecular weight is 341 g/mol. The molecule has 16 heavy (non-hydrogen) atoms. The summed E-state index contributed by atoms with van der Waals surface area (Å²) in [4.78, 5) is 3.52. The standard InChI is InChI=1S/C9H7F3IN3/c1-2-5-3-6(13)4-16-7(5)14-8(15-16)9(10,11)12/h3-4H,2H2,1H3. The molecule has 0 bridgehead atoms. The van der Waals surface area contributed by atoms with E-state index in [1.54, 1.807) is 0 Å². The van der Waals surface area contributed by atoms with Crippen molar-refractivity contribution in [1.29, 1.82) is 0 Å². The molecule has 7 heteroatoms. The molecule has 2 rings (SSSR count). The molecule has 2 aromatic heterocycles. The molecule has 0 aliphatic heterocycles. The Hall–Kier alpha value is -0.860. The zero-order valence-electron chi connectivity index (χ0n) is 8.22. The molecule has 0 atom stereocenters. The Morgan fingerprint density at radius 3 is 2.69 bits per heavy atom. The van der Waals surface area contributed by atoms with Crippen molar-refractivity contribution in [3.8, 4) is 0 Å². The van der Waals surface area contributed by atoms with E-state index in [4.69, 9.17) is 0 Å². The third-order valence-corrected chi connectivity index (χ3v) is 2.70. The van der Waals surface area contributed by atoms with E-state index in [0.29, 0.717) is 6.42 Å². The summed E-state index contributed by atoms with van der Waals surface area (Å²) in [6.45, 7) is 1.87. The third kappa shape index (κ3) is 2.00. The second-order valence-electron chi connectivity index (χ2n) is 3.24. The lowest BCUT2D eigenvalue weighted by molar-refractivity contribution is -0.144. The molecule has 0 fully saturated rings. The smallest absolute Gasteiger partial charge is 0.219 e. The van der Waals surface area contributed by atoms with Gasteiger partial charge in [0.15, 0.2) is 5.65 Å². The number of rotatable bonds is 1. The van der Waals surface area contributed by atoms with Crippen LogP contribution in [0.1, 0.15) is 18.3 Å². The molecule has 0 spiro atoms. The SMILES string of the molecule is CCc1cc(I)cn2nc(C(F)(F)F)nc12. The summed E-state index contributed by atoms with van der Waals surface area (Å²) in [5.41, 5.74) is 1.03. The molecule has 0 saturated carbocycles. The monoisotopic (exact) mass is 341 g/mol. The summed E-state index contributed by atoms with van der Waals surface area (Å²) >= 11 is 2.04. The van der Waals surface area contributed by atoms with E-state index in [9.17, 15) is 13.2 Å². The van der Waals surface area contributed by atoms with Gasteiger partial charge in [0, 0.05) is 9.77 Å². The average Bonchev–Trinajstić information content (AvgIpc) is 2.59. The Morgan fingerprint density at radius 1 is 1.44 bits per heavy atom. The van der Waals surface area contributed by atoms with E-state index in [-0.39, 0.29) is 5.65 Å². The number of fused-ring (bicyclic) bond motifs is 1. The van der Waals surface area contributed by atoms with Crippen molar-refractivity contribution >= 4 is 28.2 Å². The summed E-state index contributed by atoms with van der Waals surface area (Å²) < 4.78 is 39.3. The zero-order valence-corrected chi connectivity index (χ0v) is 10.4. The molecular weight excluding hydrogens is 334 g/mol. The van der Waals surface area contributed by atoms with Gasteiger partial charge in [-0.2, -0.15) is 13.2 Å². The first-order chi connectivity index (χ1) is 7.41. The van der Waals surface area contributed by atoms with Crippen LogP contribution < -0.4 is 0 Å². The second-order valence-corrected chi connectivity index (χ2v) is 4.48. The van der Waals surface area contributed by atoms with Crippen LogP contribution in [0.2, 0.25) is 0 Å². The van der Waals surface area contributed by atoms with Crippen molar-refractivity contribution in [2.45, 2.75) is 19.5 Å². The van der Waals surface area contributed by atoms with Crippen LogP contribution in [0.4, 0.5) is 13.2 Å². The van der Waals surface area contributed by atoms with Gasteiger partial charge in [-0.15, -0.1) is 5.10 Å². The minimum atomic E-state index is -4.50. The first-order valence-corrected chi connectivity index (χ1v) is 5.61. The Morgan fingerprint density at radius 2 is 2.12 bits per heavy atom. The molecule has 2 heterocycles. The van der Waals surface area contributed by atoms with Gasteiger partial charge in [-0.1, -0.05) is 6.92 Å². The Labute approximate surface area is 103 Å². The Kier molecular flexibility index (Phi) is 2.81. The van der Waals surface area contributed by atoms with Crippen LogP contribution in [0.3, 0.4) is 0 Å². The maximum atomic E-state index is 12.4. The molecule has 86 valence electrons. The molecule has 0 unspecified atom stereocenters. The summed E-state index contributed by atoms with van der Waals surface area (Å²) in [5.74, 6) is -1.09. The largest absolute Gasteiger partial charge is 0.453 e. The van der Waals surface area contributed by atoms with Crippen LogP contribution in [0.25, 0.3) is 5.65 Å². The highest BCUT2D eigenvalue weighted by molar-refractivity contribution is 14.1. The second kappa shape index (κ2) is 3.86. The predicted molar refractivity (Wildman–Crippen MR) is 60.1 cm³/mol. The highest BCUT2D eigenvalue weighted by atomic mass is 127. The van der Waals surface area contributed by atoms with Crippen LogP contribution in [0.5, 0.6) is 0 Å². The molecule has 0 radical (unpaired) electrons. The van der Waals surface area contributed by atoms with Gasteiger partial charge >= 0.3 is 6.18 Å². The van der Waals surface area contributed by atoms with Crippen LogP contribution in [-0.2, 0) is 12.6 Å². The molecule has 0 aromatic carbocycles. The van der Waals surface area contributed by atoms with Crippen LogP contribution in [0, 0.1) is 3.57 Å². The fraction of sp³-hybridized carbons (Fsp3) is 0.333. The van der Waals surface area contributed by atoms with Gasteiger partial charge in [0.1, 0.15) is 0 Å². The molecule has 0 aliphatic rings. The van der Waals surface area contributed by atoms with E-state index < -0.39 is 12.0 Å². The lowest BCUT2D eigenvalue weighted by Crippen LogP contribution is -2.07. The van der Waals surface area contributed by atoms with Gasteiger partial charge in [-0.05, 0) is 40.6 Å².